The van der Waals surface area contributed by atoms with Gasteiger partial charge in [0.1, 0.15) is 17.3 Å². The van der Waals surface area contributed by atoms with Crippen LogP contribution in [0.15, 0.2) is 53.9 Å². The van der Waals surface area contributed by atoms with Crippen molar-refractivity contribution in [3.05, 3.63) is 70.2 Å². The summed E-state index contributed by atoms with van der Waals surface area (Å²) in [5.41, 5.74) is 3.62. The van der Waals surface area contributed by atoms with Gasteiger partial charge in [-0.25, -0.2) is 14.8 Å². The molecule has 1 aliphatic heterocycles. The minimum absolute atomic E-state index is 0.0672. The molecule has 2 aromatic carbocycles. The van der Waals surface area contributed by atoms with E-state index in [1.54, 1.807) is 18.2 Å². The maximum Gasteiger partial charge on any atom is 0.305 e. The van der Waals surface area contributed by atoms with E-state index in [4.69, 9.17) is 9.47 Å². The van der Waals surface area contributed by atoms with Gasteiger partial charge in [0, 0.05) is 36.0 Å². The van der Waals surface area contributed by atoms with Crippen LogP contribution >= 0.6 is 11.3 Å². The lowest BCUT2D eigenvalue weighted by atomic mass is 9.99. The molecule has 1 aromatic heterocycles. The number of anilines is 2. The van der Waals surface area contributed by atoms with E-state index in [1.807, 2.05) is 17.5 Å². The Hall–Kier alpha value is -4.49. The smallest absolute Gasteiger partial charge is 0.305 e. The summed E-state index contributed by atoms with van der Waals surface area (Å²) in [4.78, 5) is 52.6. The molecule has 2 unspecified atom stereocenters. The van der Waals surface area contributed by atoms with Gasteiger partial charge in [0.25, 0.3) is 0 Å². The van der Waals surface area contributed by atoms with Crippen LogP contribution in [-0.4, -0.2) is 61.5 Å². The van der Waals surface area contributed by atoms with E-state index in [-0.39, 0.29) is 18.7 Å². The fourth-order valence-corrected chi connectivity index (χ4v) is 5.43. The Morgan fingerprint density at radius 2 is 2.00 bits per heavy atom. The van der Waals surface area contributed by atoms with Crippen LogP contribution in [0.4, 0.5) is 15.8 Å². The van der Waals surface area contributed by atoms with Gasteiger partial charge in [-0.05, 0) is 41.8 Å². The number of nitrogens with one attached hydrogen (secondary N) is 1. The summed E-state index contributed by atoms with van der Waals surface area (Å²) in [5, 5.41) is 12.7. The van der Waals surface area contributed by atoms with E-state index in [2.05, 4.69) is 5.43 Å². The number of hydrogen-bond donors (Lipinski definition) is 2. The molecule has 0 saturated carbocycles. The predicted molar refractivity (Wildman–Crippen MR) is 149 cm³/mol. The highest BCUT2D eigenvalue weighted by atomic mass is 32.1. The SMILES string of the molecule is COc1ccc(C(CC(=O)O)N(C=O)C2CC(=O)N(c3cc(N(C=O)NCc4cccs4)ccc3F)C2)c(OC)c1. The third-order valence-corrected chi connectivity index (χ3v) is 7.66. The Morgan fingerprint density at radius 3 is 2.63 bits per heavy atom. The topological polar surface area (TPSA) is 129 Å². The minimum Gasteiger partial charge on any atom is -0.497 e. The molecule has 0 aliphatic carbocycles. The lowest BCUT2D eigenvalue weighted by molar-refractivity contribution is -0.139. The van der Waals surface area contributed by atoms with Crippen LogP contribution in [0.1, 0.15) is 29.3 Å². The van der Waals surface area contributed by atoms with E-state index in [9.17, 15) is 24.3 Å². The summed E-state index contributed by atoms with van der Waals surface area (Å²) in [6.07, 6.45) is 0.422. The molecule has 0 bridgehead atoms. The largest absolute Gasteiger partial charge is 0.497 e. The molecule has 2 atom stereocenters. The van der Waals surface area contributed by atoms with Gasteiger partial charge in [0.2, 0.25) is 18.7 Å². The Labute approximate surface area is 239 Å². The van der Waals surface area contributed by atoms with Crippen LogP contribution in [0.25, 0.3) is 0 Å². The van der Waals surface area contributed by atoms with Crippen molar-refractivity contribution in [1.82, 2.24) is 10.3 Å². The molecule has 216 valence electrons. The van der Waals surface area contributed by atoms with Gasteiger partial charge in [-0.2, -0.15) is 0 Å². The number of carbonyl (C=O) groups excluding carboxylic acids is 3. The quantitative estimate of drug-likeness (QED) is 0.218. The van der Waals surface area contributed by atoms with Crippen LogP contribution in [0.5, 0.6) is 11.5 Å². The summed E-state index contributed by atoms with van der Waals surface area (Å²) < 4.78 is 25.7. The number of carboxylic acid groups (broad SMARTS) is 1. The number of rotatable bonds is 14. The van der Waals surface area contributed by atoms with E-state index in [0.717, 1.165) is 10.9 Å². The number of ether oxygens (including phenoxy) is 2. The van der Waals surface area contributed by atoms with Crippen LogP contribution < -0.4 is 24.8 Å². The van der Waals surface area contributed by atoms with Crippen molar-refractivity contribution in [2.24, 2.45) is 0 Å². The molecule has 41 heavy (non-hydrogen) atoms. The number of carboxylic acids is 1. The number of thiophene rings is 1. The number of hydrazine groups is 1. The summed E-state index contributed by atoms with van der Waals surface area (Å²) in [5.74, 6) is -1.53. The van der Waals surface area contributed by atoms with Crippen LogP contribution in [-0.2, 0) is 25.7 Å². The first-order chi connectivity index (χ1) is 19.8. The molecule has 1 fully saturated rings. The van der Waals surface area contributed by atoms with Gasteiger partial charge < -0.3 is 24.4 Å². The molecule has 2 N–H and O–H groups in total. The van der Waals surface area contributed by atoms with Crippen molar-refractivity contribution in [3.8, 4) is 11.5 Å². The van der Waals surface area contributed by atoms with E-state index in [0.29, 0.717) is 42.1 Å². The normalized spacial score (nSPS) is 15.3. The second-order valence-electron chi connectivity index (χ2n) is 9.16. The molecule has 13 heteroatoms. The molecular weight excluding hydrogens is 555 g/mol. The zero-order valence-corrected chi connectivity index (χ0v) is 23.2. The van der Waals surface area contributed by atoms with Gasteiger partial charge >= 0.3 is 5.97 Å². The molecule has 4 rings (SSSR count). The lowest BCUT2D eigenvalue weighted by Crippen LogP contribution is -2.40. The lowest BCUT2D eigenvalue weighted by Gasteiger charge is -2.33. The highest BCUT2D eigenvalue weighted by Crippen LogP contribution is 2.38. The summed E-state index contributed by atoms with van der Waals surface area (Å²) in [7, 11) is 2.89. The number of amides is 3. The number of halogens is 1. The molecular formula is C28H29FN4O7S. The van der Waals surface area contributed by atoms with Gasteiger partial charge in [-0.1, -0.05) is 6.07 Å². The van der Waals surface area contributed by atoms with Crippen molar-refractivity contribution < 1.29 is 38.1 Å². The minimum atomic E-state index is -1.16. The molecule has 3 amide bonds. The van der Waals surface area contributed by atoms with Gasteiger partial charge in [0.05, 0.1) is 44.1 Å². The van der Waals surface area contributed by atoms with Gasteiger partial charge in [-0.15, -0.1) is 11.3 Å². The molecule has 2 heterocycles. The molecule has 0 radical (unpaired) electrons. The highest BCUT2D eigenvalue weighted by molar-refractivity contribution is 7.09. The number of hydrogen-bond acceptors (Lipinski definition) is 8. The Kier molecular flexibility index (Phi) is 9.53. The van der Waals surface area contributed by atoms with Crippen molar-refractivity contribution in [2.75, 3.05) is 30.7 Å². The zero-order chi connectivity index (χ0) is 29.5. The molecule has 1 saturated heterocycles. The maximum absolute atomic E-state index is 15.0. The Bertz CT molecular complexity index is 1400. The average molecular weight is 585 g/mol. The van der Waals surface area contributed by atoms with E-state index < -0.39 is 36.2 Å². The van der Waals surface area contributed by atoms with E-state index in [1.165, 1.54) is 52.5 Å². The van der Waals surface area contributed by atoms with Crippen LogP contribution in [0, 0.1) is 5.82 Å². The number of benzene rings is 2. The predicted octanol–water partition coefficient (Wildman–Crippen LogP) is 3.35. The highest BCUT2D eigenvalue weighted by Gasteiger charge is 2.39. The fraction of sp³-hybridized carbons (Fsp3) is 0.286. The standard InChI is InChI=1S/C28H29FN4O7S/c1-39-20-6-7-22(26(12-20)40-2)24(13-28(37)38)32(16-34)19-11-27(36)31(15-19)25-10-18(5-8-23(25)29)33(17-35)30-14-21-4-3-9-41-21/h3-10,12,16-17,19,24,30H,11,13-15H2,1-2H3,(H,37,38). The van der Waals surface area contributed by atoms with E-state index >= 15 is 4.39 Å². The fourth-order valence-electron chi connectivity index (χ4n) is 4.79. The number of aliphatic carboxylic acids is 1. The molecule has 0 spiro atoms. The first-order valence-electron chi connectivity index (χ1n) is 12.6. The van der Waals surface area contributed by atoms with Crippen molar-refractivity contribution in [3.63, 3.8) is 0 Å². The van der Waals surface area contributed by atoms with Crippen LogP contribution in [0.3, 0.4) is 0 Å². The van der Waals surface area contributed by atoms with Crippen molar-refractivity contribution in [2.45, 2.75) is 31.5 Å². The summed E-state index contributed by atoms with van der Waals surface area (Å²) in [6.45, 7) is 0.276. The van der Waals surface area contributed by atoms with Crippen molar-refractivity contribution >= 4 is 47.4 Å². The first kappa shape index (κ1) is 29.5. The third kappa shape index (κ3) is 6.64. The third-order valence-electron chi connectivity index (χ3n) is 6.78. The molecule has 1 aliphatic rings. The molecule has 3 aromatic rings. The molecule has 11 nitrogen and oxygen atoms in total. The second-order valence-corrected chi connectivity index (χ2v) is 10.2. The maximum atomic E-state index is 15.0. The number of carbonyl (C=O) groups is 4. The van der Waals surface area contributed by atoms with Crippen molar-refractivity contribution in [1.29, 1.82) is 0 Å². The summed E-state index contributed by atoms with van der Waals surface area (Å²) >= 11 is 1.51. The van der Waals surface area contributed by atoms with Crippen LogP contribution in [0.2, 0.25) is 0 Å². The number of nitrogens with zero attached hydrogens (tertiary/aromatic N) is 3. The summed E-state index contributed by atoms with van der Waals surface area (Å²) in [6, 6.07) is 10.8. The van der Waals surface area contributed by atoms with Gasteiger partial charge in [0.15, 0.2) is 0 Å². The Morgan fingerprint density at radius 1 is 1.20 bits per heavy atom. The Balaban J connectivity index is 1.60. The monoisotopic (exact) mass is 584 g/mol. The second kappa shape index (κ2) is 13.2. The van der Waals surface area contributed by atoms with Gasteiger partial charge in [-0.3, -0.25) is 19.2 Å². The first-order valence-corrected chi connectivity index (χ1v) is 13.4. The zero-order valence-electron chi connectivity index (χ0n) is 22.4. The number of methoxy groups -OCH3 is 2. The average Bonchev–Trinajstić information content (AvgIpc) is 3.63.